The highest BCUT2D eigenvalue weighted by atomic mass is 79.9. The van der Waals surface area contributed by atoms with E-state index in [2.05, 4.69) is 26.0 Å². The number of aryl methyl sites for hydroxylation is 2. The van der Waals surface area contributed by atoms with E-state index in [-0.39, 0.29) is 5.56 Å². The van der Waals surface area contributed by atoms with Gasteiger partial charge in [-0.15, -0.1) is 0 Å². The van der Waals surface area contributed by atoms with Crippen molar-refractivity contribution >= 4 is 26.8 Å². The summed E-state index contributed by atoms with van der Waals surface area (Å²) in [6.45, 7) is 2.36. The van der Waals surface area contributed by atoms with Gasteiger partial charge >= 0.3 is 0 Å². The van der Waals surface area contributed by atoms with Crippen molar-refractivity contribution in [2.45, 2.75) is 13.5 Å². The molecule has 1 aromatic carbocycles. The second-order valence-corrected chi connectivity index (χ2v) is 5.46. The van der Waals surface area contributed by atoms with Crippen LogP contribution < -0.4 is 5.56 Å². The van der Waals surface area contributed by atoms with Crippen molar-refractivity contribution < 1.29 is 0 Å². The van der Waals surface area contributed by atoms with Gasteiger partial charge in [0, 0.05) is 7.05 Å². The summed E-state index contributed by atoms with van der Waals surface area (Å²) in [5, 5.41) is 4.96. The molecule has 3 rings (SSSR count). The number of hydrogen-bond donors (Lipinski definition) is 0. The Balaban J connectivity index is 2.12. The van der Waals surface area contributed by atoms with Crippen molar-refractivity contribution in [1.29, 1.82) is 0 Å². The SMILES string of the molecule is Cc1nn(C)c(Cn2cnc3ccccc3c2=O)c1Br. The first-order chi connectivity index (χ1) is 9.58. The van der Waals surface area contributed by atoms with Gasteiger partial charge in [0.2, 0.25) is 0 Å². The van der Waals surface area contributed by atoms with Gasteiger partial charge in [-0.25, -0.2) is 4.98 Å². The molecular formula is C14H13BrN4O. The predicted molar refractivity (Wildman–Crippen MR) is 80.8 cm³/mol. The zero-order valence-corrected chi connectivity index (χ0v) is 12.8. The smallest absolute Gasteiger partial charge is 0.261 e. The maximum absolute atomic E-state index is 12.4. The third-order valence-corrected chi connectivity index (χ3v) is 4.34. The molecule has 0 bridgehead atoms. The minimum absolute atomic E-state index is 0.0404. The van der Waals surface area contributed by atoms with E-state index < -0.39 is 0 Å². The Labute approximate surface area is 124 Å². The predicted octanol–water partition coefficient (Wildman–Crippen LogP) is 2.25. The normalized spacial score (nSPS) is 11.2. The van der Waals surface area contributed by atoms with Gasteiger partial charge in [0.25, 0.3) is 5.56 Å². The highest BCUT2D eigenvalue weighted by Crippen LogP contribution is 2.20. The molecule has 0 aliphatic rings. The lowest BCUT2D eigenvalue weighted by Gasteiger charge is -2.07. The van der Waals surface area contributed by atoms with Crippen LogP contribution >= 0.6 is 15.9 Å². The summed E-state index contributed by atoms with van der Waals surface area (Å²) in [6.07, 6.45) is 1.58. The molecule has 0 atom stereocenters. The first-order valence-corrected chi connectivity index (χ1v) is 6.99. The van der Waals surface area contributed by atoms with Crippen LogP contribution in [0.5, 0.6) is 0 Å². The number of hydrogen-bond acceptors (Lipinski definition) is 3. The highest BCUT2D eigenvalue weighted by molar-refractivity contribution is 9.10. The third-order valence-electron chi connectivity index (χ3n) is 3.31. The Kier molecular flexibility index (Phi) is 3.17. The highest BCUT2D eigenvalue weighted by Gasteiger charge is 2.12. The van der Waals surface area contributed by atoms with Crippen LogP contribution in [-0.2, 0) is 13.6 Å². The fraction of sp³-hybridized carbons (Fsp3) is 0.214. The molecule has 0 aliphatic carbocycles. The quantitative estimate of drug-likeness (QED) is 0.723. The monoisotopic (exact) mass is 332 g/mol. The van der Waals surface area contributed by atoms with Gasteiger partial charge in [0.05, 0.1) is 39.6 Å². The van der Waals surface area contributed by atoms with Crippen LogP contribution in [-0.4, -0.2) is 19.3 Å². The van der Waals surface area contributed by atoms with E-state index in [0.29, 0.717) is 17.4 Å². The van der Waals surface area contributed by atoms with Crippen molar-refractivity contribution in [2.24, 2.45) is 7.05 Å². The van der Waals surface area contributed by atoms with Crippen LogP contribution in [0.3, 0.4) is 0 Å². The minimum atomic E-state index is -0.0404. The average Bonchev–Trinajstić information content (AvgIpc) is 2.68. The first kappa shape index (κ1) is 13.1. The van der Waals surface area contributed by atoms with Crippen LogP contribution in [0.15, 0.2) is 39.9 Å². The number of halogens is 1. The molecule has 0 saturated carbocycles. The van der Waals surface area contributed by atoms with Gasteiger partial charge in [0.15, 0.2) is 0 Å². The summed E-state index contributed by atoms with van der Waals surface area (Å²) in [4.78, 5) is 16.8. The summed E-state index contributed by atoms with van der Waals surface area (Å²) >= 11 is 3.51. The molecule has 102 valence electrons. The fourth-order valence-corrected chi connectivity index (χ4v) is 2.69. The molecule has 0 N–H and O–H groups in total. The molecule has 3 aromatic rings. The molecule has 0 radical (unpaired) electrons. The Bertz CT molecular complexity index is 850. The zero-order chi connectivity index (χ0) is 14.3. The molecule has 2 aromatic heterocycles. The number of rotatable bonds is 2. The Morgan fingerprint density at radius 2 is 2.05 bits per heavy atom. The van der Waals surface area contributed by atoms with Gasteiger partial charge in [-0.2, -0.15) is 5.10 Å². The molecule has 0 fully saturated rings. The van der Waals surface area contributed by atoms with E-state index in [1.54, 1.807) is 21.6 Å². The zero-order valence-electron chi connectivity index (χ0n) is 11.2. The van der Waals surface area contributed by atoms with Gasteiger partial charge in [-0.05, 0) is 35.0 Å². The number of fused-ring (bicyclic) bond motifs is 1. The summed E-state index contributed by atoms with van der Waals surface area (Å²) < 4.78 is 4.31. The number of aromatic nitrogens is 4. The molecular weight excluding hydrogens is 320 g/mol. The first-order valence-electron chi connectivity index (χ1n) is 6.20. The van der Waals surface area contributed by atoms with E-state index in [9.17, 15) is 4.79 Å². The maximum Gasteiger partial charge on any atom is 0.261 e. The van der Waals surface area contributed by atoms with E-state index in [1.165, 1.54) is 0 Å². The second-order valence-electron chi connectivity index (χ2n) is 4.66. The summed E-state index contributed by atoms with van der Waals surface area (Å²) in [6, 6.07) is 7.36. The van der Waals surface area contributed by atoms with Gasteiger partial charge in [0.1, 0.15) is 0 Å². The van der Waals surface area contributed by atoms with Crippen LogP contribution in [0.25, 0.3) is 10.9 Å². The third kappa shape index (κ3) is 2.06. The standard InChI is InChI=1S/C14H13BrN4O/c1-9-13(15)12(18(2)17-9)7-19-8-16-11-6-4-3-5-10(11)14(19)20/h3-6,8H,7H2,1-2H3. The lowest BCUT2D eigenvalue weighted by molar-refractivity contribution is 0.646. The maximum atomic E-state index is 12.4. The van der Waals surface area contributed by atoms with E-state index in [1.807, 2.05) is 32.2 Å². The Morgan fingerprint density at radius 3 is 2.75 bits per heavy atom. The number of nitrogens with zero attached hydrogens (tertiary/aromatic N) is 4. The van der Waals surface area contributed by atoms with Crippen LogP contribution in [0, 0.1) is 6.92 Å². The molecule has 6 heteroatoms. The summed E-state index contributed by atoms with van der Waals surface area (Å²) in [5.41, 5.74) is 2.53. The topological polar surface area (TPSA) is 52.7 Å². The second kappa shape index (κ2) is 4.86. The van der Waals surface area contributed by atoms with Crippen molar-refractivity contribution in [3.8, 4) is 0 Å². The molecule has 0 unspecified atom stereocenters. The van der Waals surface area contributed by atoms with Crippen molar-refractivity contribution in [3.63, 3.8) is 0 Å². The Morgan fingerprint density at radius 1 is 1.30 bits per heavy atom. The lowest BCUT2D eigenvalue weighted by Crippen LogP contribution is -2.22. The number of benzene rings is 1. The van der Waals surface area contributed by atoms with Crippen LogP contribution in [0.2, 0.25) is 0 Å². The van der Waals surface area contributed by atoms with Crippen LogP contribution in [0.1, 0.15) is 11.4 Å². The molecule has 0 aliphatic heterocycles. The summed E-state index contributed by atoms with van der Waals surface area (Å²) in [7, 11) is 1.87. The van der Waals surface area contributed by atoms with Crippen molar-refractivity contribution in [3.05, 3.63) is 56.8 Å². The summed E-state index contributed by atoms with van der Waals surface area (Å²) in [5.74, 6) is 0. The molecule has 2 heterocycles. The van der Waals surface area contributed by atoms with Crippen molar-refractivity contribution in [2.75, 3.05) is 0 Å². The van der Waals surface area contributed by atoms with Gasteiger partial charge in [-0.3, -0.25) is 14.0 Å². The Hall–Kier alpha value is -1.95. The van der Waals surface area contributed by atoms with Gasteiger partial charge in [-0.1, -0.05) is 12.1 Å². The van der Waals surface area contributed by atoms with E-state index in [4.69, 9.17) is 0 Å². The minimum Gasteiger partial charge on any atom is -0.293 e. The average molecular weight is 333 g/mol. The molecule has 0 spiro atoms. The van der Waals surface area contributed by atoms with Gasteiger partial charge < -0.3 is 0 Å². The van der Waals surface area contributed by atoms with Crippen molar-refractivity contribution in [1.82, 2.24) is 19.3 Å². The largest absolute Gasteiger partial charge is 0.293 e. The van der Waals surface area contributed by atoms with E-state index >= 15 is 0 Å². The lowest BCUT2D eigenvalue weighted by atomic mass is 10.2. The number of para-hydroxylation sites is 1. The fourth-order valence-electron chi connectivity index (χ4n) is 2.23. The molecule has 0 saturated heterocycles. The molecule has 5 nitrogen and oxygen atoms in total. The molecule has 20 heavy (non-hydrogen) atoms. The van der Waals surface area contributed by atoms with E-state index in [0.717, 1.165) is 15.9 Å². The molecule has 0 amide bonds. The van der Waals surface area contributed by atoms with Crippen LogP contribution in [0.4, 0.5) is 0 Å².